The van der Waals surface area contributed by atoms with Gasteiger partial charge in [-0.05, 0) is 47.2 Å². The molecular formula is C8H6ClF2I. The number of hydrogen-bond acceptors (Lipinski definition) is 0. The molecule has 0 bridgehead atoms. The van der Waals surface area contributed by atoms with Gasteiger partial charge in [0.2, 0.25) is 0 Å². The van der Waals surface area contributed by atoms with Gasteiger partial charge in [0, 0.05) is 9.13 Å². The van der Waals surface area contributed by atoms with Gasteiger partial charge in [0.05, 0.1) is 5.02 Å². The summed E-state index contributed by atoms with van der Waals surface area (Å²) < 4.78 is 25.2. The number of alkyl halides is 2. The Balaban J connectivity index is 3.23. The van der Waals surface area contributed by atoms with Gasteiger partial charge < -0.3 is 0 Å². The van der Waals surface area contributed by atoms with E-state index >= 15 is 0 Å². The summed E-state index contributed by atoms with van der Waals surface area (Å²) in [4.78, 5) is 0. The fourth-order valence-electron chi connectivity index (χ4n) is 0.897. The van der Waals surface area contributed by atoms with Crippen LogP contribution in [-0.2, 0) is 0 Å². The lowest BCUT2D eigenvalue weighted by molar-refractivity contribution is 0.150. The van der Waals surface area contributed by atoms with Gasteiger partial charge in [0.25, 0.3) is 6.43 Å². The van der Waals surface area contributed by atoms with Gasteiger partial charge in [0.15, 0.2) is 0 Å². The zero-order chi connectivity index (χ0) is 9.30. The van der Waals surface area contributed by atoms with Crippen LogP contribution in [0.2, 0.25) is 5.02 Å². The van der Waals surface area contributed by atoms with Crippen molar-refractivity contribution in [1.29, 1.82) is 0 Å². The summed E-state index contributed by atoms with van der Waals surface area (Å²) in [5.41, 5.74) is 0.596. The van der Waals surface area contributed by atoms with Crippen LogP contribution in [0.5, 0.6) is 0 Å². The number of aryl methyl sites for hydroxylation is 1. The average Bonchev–Trinajstić information content (AvgIpc) is 1.96. The summed E-state index contributed by atoms with van der Waals surface area (Å²) in [7, 11) is 0. The summed E-state index contributed by atoms with van der Waals surface area (Å²) in [5.74, 6) is 0. The first-order valence-corrected chi connectivity index (χ1v) is 4.71. The summed E-state index contributed by atoms with van der Waals surface area (Å²) in [6.07, 6.45) is -2.42. The van der Waals surface area contributed by atoms with Crippen molar-refractivity contribution < 1.29 is 8.78 Å². The van der Waals surface area contributed by atoms with Gasteiger partial charge in [-0.1, -0.05) is 11.6 Å². The number of rotatable bonds is 1. The Labute approximate surface area is 88.1 Å². The van der Waals surface area contributed by atoms with Crippen LogP contribution in [0.4, 0.5) is 8.78 Å². The zero-order valence-corrected chi connectivity index (χ0v) is 9.16. The van der Waals surface area contributed by atoms with Crippen LogP contribution >= 0.6 is 34.2 Å². The number of hydrogen-bond donors (Lipinski definition) is 0. The lowest BCUT2D eigenvalue weighted by atomic mass is 10.1. The van der Waals surface area contributed by atoms with E-state index in [1.54, 1.807) is 13.0 Å². The average molecular weight is 302 g/mol. The second-order valence-electron chi connectivity index (χ2n) is 2.42. The monoisotopic (exact) mass is 302 g/mol. The molecule has 1 rings (SSSR count). The first kappa shape index (κ1) is 10.2. The van der Waals surface area contributed by atoms with Gasteiger partial charge in [-0.3, -0.25) is 0 Å². The molecule has 0 saturated carbocycles. The zero-order valence-electron chi connectivity index (χ0n) is 6.24. The van der Waals surface area contributed by atoms with Gasteiger partial charge in [0.1, 0.15) is 0 Å². The van der Waals surface area contributed by atoms with Crippen molar-refractivity contribution in [3.05, 3.63) is 31.9 Å². The first-order valence-electron chi connectivity index (χ1n) is 3.26. The minimum atomic E-state index is -2.42. The van der Waals surface area contributed by atoms with E-state index in [4.69, 9.17) is 11.6 Å². The normalized spacial score (nSPS) is 10.8. The van der Waals surface area contributed by atoms with Crippen molar-refractivity contribution in [3.63, 3.8) is 0 Å². The van der Waals surface area contributed by atoms with E-state index < -0.39 is 6.43 Å². The van der Waals surface area contributed by atoms with Crippen molar-refractivity contribution in [3.8, 4) is 0 Å². The van der Waals surface area contributed by atoms with Crippen molar-refractivity contribution in [1.82, 2.24) is 0 Å². The lowest BCUT2D eigenvalue weighted by Gasteiger charge is -2.06. The van der Waals surface area contributed by atoms with Crippen LogP contribution in [0.15, 0.2) is 12.1 Å². The molecule has 0 radical (unpaired) electrons. The lowest BCUT2D eigenvalue weighted by Crippen LogP contribution is -1.91. The third kappa shape index (κ3) is 2.07. The Hall–Kier alpha value is 0.1000. The van der Waals surface area contributed by atoms with Crippen LogP contribution in [-0.4, -0.2) is 0 Å². The predicted octanol–water partition coefficient (Wildman–Crippen LogP) is 4.19. The highest BCUT2D eigenvalue weighted by Gasteiger charge is 2.12. The molecule has 0 nitrogen and oxygen atoms in total. The van der Waals surface area contributed by atoms with E-state index in [0.717, 1.165) is 0 Å². The quantitative estimate of drug-likeness (QED) is 0.682. The van der Waals surface area contributed by atoms with Crippen LogP contribution < -0.4 is 0 Å². The van der Waals surface area contributed by atoms with Crippen molar-refractivity contribution in [2.45, 2.75) is 13.3 Å². The fraction of sp³-hybridized carbons (Fsp3) is 0.250. The molecule has 0 aliphatic rings. The molecule has 1 aromatic carbocycles. The summed E-state index contributed by atoms with van der Waals surface area (Å²) in [6.45, 7) is 1.63. The molecule has 0 fully saturated rings. The minimum Gasteiger partial charge on any atom is -0.205 e. The Morgan fingerprint density at radius 2 is 2.00 bits per heavy atom. The molecule has 0 aromatic heterocycles. The number of benzene rings is 1. The van der Waals surface area contributed by atoms with E-state index in [1.807, 2.05) is 22.6 Å². The number of halogens is 4. The molecule has 0 heterocycles. The maximum Gasteiger partial charge on any atom is 0.264 e. The second kappa shape index (κ2) is 3.87. The van der Waals surface area contributed by atoms with Gasteiger partial charge in [-0.25, -0.2) is 8.78 Å². The Bertz CT molecular complexity index is 299. The molecule has 0 aliphatic heterocycles. The molecule has 66 valence electrons. The molecule has 1 aromatic rings. The smallest absolute Gasteiger partial charge is 0.205 e. The van der Waals surface area contributed by atoms with E-state index in [2.05, 4.69) is 0 Å². The van der Waals surface area contributed by atoms with Gasteiger partial charge in [-0.15, -0.1) is 0 Å². The van der Waals surface area contributed by atoms with E-state index in [-0.39, 0.29) is 5.56 Å². The third-order valence-electron chi connectivity index (χ3n) is 1.54. The standard InChI is InChI=1S/C8H6ClF2I/c1-4-2-6(9)7(12)3-5(4)8(10)11/h2-3,8H,1H3. The SMILES string of the molecule is Cc1cc(Cl)c(I)cc1C(F)F. The van der Waals surface area contributed by atoms with E-state index in [9.17, 15) is 8.78 Å². The Kier molecular flexibility index (Phi) is 3.29. The topological polar surface area (TPSA) is 0 Å². The molecule has 0 amide bonds. The van der Waals surface area contributed by atoms with Crippen molar-refractivity contribution >= 4 is 34.2 Å². The Morgan fingerprint density at radius 1 is 1.42 bits per heavy atom. The second-order valence-corrected chi connectivity index (χ2v) is 3.99. The largest absolute Gasteiger partial charge is 0.264 e. The molecular weight excluding hydrogens is 296 g/mol. The fourth-order valence-corrected chi connectivity index (χ4v) is 1.61. The highest BCUT2D eigenvalue weighted by atomic mass is 127. The van der Waals surface area contributed by atoms with Crippen LogP contribution in [0.3, 0.4) is 0 Å². The summed E-state index contributed by atoms with van der Waals surface area (Å²) in [6, 6.07) is 2.98. The predicted molar refractivity (Wildman–Crippen MR) is 53.9 cm³/mol. The molecule has 4 heteroatoms. The highest BCUT2D eigenvalue weighted by molar-refractivity contribution is 14.1. The van der Waals surface area contributed by atoms with Gasteiger partial charge >= 0.3 is 0 Å². The van der Waals surface area contributed by atoms with E-state index in [1.165, 1.54) is 6.07 Å². The maximum absolute atomic E-state index is 12.3. The van der Waals surface area contributed by atoms with Crippen molar-refractivity contribution in [2.24, 2.45) is 0 Å². The molecule has 0 spiro atoms. The van der Waals surface area contributed by atoms with Crippen LogP contribution in [0, 0.1) is 10.5 Å². The summed E-state index contributed by atoms with van der Waals surface area (Å²) in [5, 5.41) is 0.525. The molecule has 0 saturated heterocycles. The van der Waals surface area contributed by atoms with E-state index in [0.29, 0.717) is 14.2 Å². The minimum absolute atomic E-state index is 0.0591. The van der Waals surface area contributed by atoms with Gasteiger partial charge in [-0.2, -0.15) is 0 Å². The molecule has 0 aliphatic carbocycles. The molecule has 0 N–H and O–H groups in total. The van der Waals surface area contributed by atoms with Crippen LogP contribution in [0.25, 0.3) is 0 Å². The highest BCUT2D eigenvalue weighted by Crippen LogP contribution is 2.28. The Morgan fingerprint density at radius 3 is 2.50 bits per heavy atom. The third-order valence-corrected chi connectivity index (χ3v) is 3.07. The molecule has 0 atom stereocenters. The maximum atomic E-state index is 12.3. The summed E-state index contributed by atoms with van der Waals surface area (Å²) >= 11 is 7.67. The van der Waals surface area contributed by atoms with Crippen molar-refractivity contribution in [2.75, 3.05) is 0 Å². The molecule has 0 unspecified atom stereocenters. The first-order chi connectivity index (χ1) is 5.52. The molecule has 12 heavy (non-hydrogen) atoms. The van der Waals surface area contributed by atoms with Crippen LogP contribution in [0.1, 0.15) is 17.6 Å².